The number of carbonyl (C=O) groups is 1. The smallest absolute Gasteiger partial charge is 0.250 e. The molecular weight excluding hydrogens is 396 g/mol. The zero-order valence-electron chi connectivity index (χ0n) is 16.5. The Morgan fingerprint density at radius 2 is 1.82 bits per heavy atom. The summed E-state index contributed by atoms with van der Waals surface area (Å²) in [4.78, 5) is 12.3. The standard InChI is InChI=1S/C19H26N4O3S2/c1-5-23(6-2)28(25,26)16-10-7-15(8-11-16)9-12-17(24)20-19-22-21-18(27-19)13-14(3)4/h7-12,14H,5-6,13H2,1-4H3,(H,20,22,24)/b12-9+. The number of nitrogens with zero attached hydrogens (tertiary/aromatic N) is 3. The molecule has 0 unspecified atom stereocenters. The van der Waals surface area contributed by atoms with Gasteiger partial charge >= 0.3 is 0 Å². The summed E-state index contributed by atoms with van der Waals surface area (Å²) >= 11 is 1.36. The first kappa shape index (κ1) is 22.2. The van der Waals surface area contributed by atoms with Crippen molar-refractivity contribution < 1.29 is 13.2 Å². The van der Waals surface area contributed by atoms with Crippen molar-refractivity contribution in [2.24, 2.45) is 5.92 Å². The number of aromatic nitrogens is 2. The third kappa shape index (κ3) is 5.95. The summed E-state index contributed by atoms with van der Waals surface area (Å²) in [7, 11) is -3.48. The van der Waals surface area contributed by atoms with Gasteiger partial charge in [-0.05, 0) is 29.7 Å². The largest absolute Gasteiger partial charge is 0.297 e. The second-order valence-electron chi connectivity index (χ2n) is 6.58. The van der Waals surface area contributed by atoms with Crippen LogP contribution in [-0.2, 0) is 21.2 Å². The van der Waals surface area contributed by atoms with Crippen LogP contribution in [0.4, 0.5) is 5.13 Å². The molecule has 0 saturated carbocycles. The lowest BCUT2D eigenvalue weighted by Gasteiger charge is -2.18. The molecular formula is C19H26N4O3S2. The minimum Gasteiger partial charge on any atom is -0.297 e. The Bertz CT molecular complexity index is 915. The van der Waals surface area contributed by atoms with Gasteiger partial charge in [0, 0.05) is 25.6 Å². The minimum atomic E-state index is -3.48. The lowest BCUT2D eigenvalue weighted by atomic mass is 10.1. The summed E-state index contributed by atoms with van der Waals surface area (Å²) in [5, 5.41) is 12.1. The van der Waals surface area contributed by atoms with Crippen molar-refractivity contribution in [3.8, 4) is 0 Å². The first-order valence-electron chi connectivity index (χ1n) is 9.17. The number of benzene rings is 1. The lowest BCUT2D eigenvalue weighted by Crippen LogP contribution is -2.30. The first-order chi connectivity index (χ1) is 13.3. The van der Waals surface area contributed by atoms with Crippen LogP contribution in [0.1, 0.15) is 38.3 Å². The maximum absolute atomic E-state index is 12.5. The molecule has 0 radical (unpaired) electrons. The average molecular weight is 423 g/mol. The van der Waals surface area contributed by atoms with E-state index < -0.39 is 10.0 Å². The topological polar surface area (TPSA) is 92.3 Å². The Balaban J connectivity index is 2.00. The van der Waals surface area contributed by atoms with Crippen LogP contribution in [0, 0.1) is 5.92 Å². The quantitative estimate of drug-likeness (QED) is 0.625. The van der Waals surface area contributed by atoms with Gasteiger partial charge in [0.2, 0.25) is 21.1 Å². The van der Waals surface area contributed by atoms with Gasteiger partial charge in [-0.3, -0.25) is 10.1 Å². The summed E-state index contributed by atoms with van der Waals surface area (Å²) in [6.07, 6.45) is 3.84. The molecule has 28 heavy (non-hydrogen) atoms. The zero-order valence-corrected chi connectivity index (χ0v) is 18.2. The predicted octanol–water partition coefficient (Wildman–Crippen LogP) is 3.42. The molecule has 0 saturated heterocycles. The van der Waals surface area contributed by atoms with Gasteiger partial charge in [-0.25, -0.2) is 8.42 Å². The number of nitrogens with one attached hydrogen (secondary N) is 1. The van der Waals surface area contributed by atoms with Crippen molar-refractivity contribution in [3.05, 3.63) is 40.9 Å². The van der Waals surface area contributed by atoms with Crippen molar-refractivity contribution in [1.29, 1.82) is 0 Å². The van der Waals surface area contributed by atoms with E-state index >= 15 is 0 Å². The molecule has 0 spiro atoms. The summed E-state index contributed by atoms with van der Waals surface area (Å²) in [5.74, 6) is 0.164. The van der Waals surface area contributed by atoms with E-state index in [-0.39, 0.29) is 10.8 Å². The van der Waals surface area contributed by atoms with Gasteiger partial charge in [0.15, 0.2) is 0 Å². The molecule has 9 heteroatoms. The maximum Gasteiger partial charge on any atom is 0.250 e. The first-order valence-corrected chi connectivity index (χ1v) is 11.4. The Hall–Kier alpha value is -2.10. The third-order valence-corrected chi connectivity index (χ3v) is 6.86. The number of carbonyl (C=O) groups excluding carboxylic acids is 1. The molecule has 0 aliphatic rings. The Morgan fingerprint density at radius 3 is 2.39 bits per heavy atom. The van der Waals surface area contributed by atoms with Gasteiger partial charge in [-0.1, -0.05) is 51.2 Å². The number of rotatable bonds is 9. The van der Waals surface area contributed by atoms with Crippen molar-refractivity contribution in [2.45, 2.75) is 39.0 Å². The van der Waals surface area contributed by atoms with E-state index in [4.69, 9.17) is 0 Å². The number of hydrogen-bond donors (Lipinski definition) is 1. The molecule has 0 aliphatic carbocycles. The number of amides is 1. The Kier molecular flexibility index (Phi) is 7.85. The third-order valence-electron chi connectivity index (χ3n) is 3.93. The molecule has 1 aromatic heterocycles. The molecule has 1 heterocycles. The number of anilines is 1. The molecule has 1 N–H and O–H groups in total. The van der Waals surface area contributed by atoms with Gasteiger partial charge < -0.3 is 0 Å². The van der Waals surface area contributed by atoms with Crippen molar-refractivity contribution in [2.75, 3.05) is 18.4 Å². The van der Waals surface area contributed by atoms with Crippen LogP contribution < -0.4 is 5.32 Å². The maximum atomic E-state index is 12.5. The summed E-state index contributed by atoms with van der Waals surface area (Å²) in [5.41, 5.74) is 0.728. The predicted molar refractivity (Wildman–Crippen MR) is 113 cm³/mol. The molecule has 2 aromatic rings. The van der Waals surface area contributed by atoms with Crippen LogP contribution in [-0.4, -0.2) is 41.9 Å². The monoisotopic (exact) mass is 422 g/mol. The second kappa shape index (κ2) is 9.90. The van der Waals surface area contributed by atoms with Crippen LogP contribution >= 0.6 is 11.3 Å². The molecule has 152 valence electrons. The Morgan fingerprint density at radius 1 is 1.18 bits per heavy atom. The van der Waals surface area contributed by atoms with Gasteiger partial charge in [0.05, 0.1) is 4.90 Å². The van der Waals surface area contributed by atoms with E-state index in [1.807, 2.05) is 0 Å². The summed E-state index contributed by atoms with van der Waals surface area (Å²) in [6.45, 7) is 8.65. The summed E-state index contributed by atoms with van der Waals surface area (Å²) < 4.78 is 26.4. The van der Waals surface area contributed by atoms with Crippen molar-refractivity contribution in [1.82, 2.24) is 14.5 Å². The van der Waals surface area contributed by atoms with Gasteiger partial charge in [-0.2, -0.15) is 4.31 Å². The highest BCUT2D eigenvalue weighted by atomic mass is 32.2. The minimum absolute atomic E-state index is 0.240. The zero-order chi connectivity index (χ0) is 20.7. The highest BCUT2D eigenvalue weighted by molar-refractivity contribution is 7.89. The van der Waals surface area contributed by atoms with Crippen LogP contribution in [0.25, 0.3) is 6.08 Å². The molecule has 0 bridgehead atoms. The summed E-state index contributed by atoms with van der Waals surface area (Å²) in [6, 6.07) is 6.44. The van der Waals surface area contributed by atoms with E-state index in [2.05, 4.69) is 29.4 Å². The Labute approximate surface area is 170 Å². The average Bonchev–Trinajstić information content (AvgIpc) is 3.07. The van der Waals surface area contributed by atoms with Crippen LogP contribution in [0.15, 0.2) is 35.2 Å². The van der Waals surface area contributed by atoms with Crippen LogP contribution in [0.2, 0.25) is 0 Å². The molecule has 7 nitrogen and oxygen atoms in total. The SMILES string of the molecule is CCN(CC)S(=O)(=O)c1ccc(/C=C/C(=O)Nc2nnc(CC(C)C)s2)cc1. The lowest BCUT2D eigenvalue weighted by molar-refractivity contribution is -0.111. The van der Waals surface area contributed by atoms with Crippen molar-refractivity contribution in [3.63, 3.8) is 0 Å². The van der Waals surface area contributed by atoms with Gasteiger partial charge in [0.1, 0.15) is 5.01 Å². The highest BCUT2D eigenvalue weighted by Gasteiger charge is 2.20. The highest BCUT2D eigenvalue weighted by Crippen LogP contribution is 2.19. The van der Waals surface area contributed by atoms with E-state index in [0.29, 0.717) is 24.1 Å². The van der Waals surface area contributed by atoms with E-state index in [1.165, 1.54) is 21.7 Å². The molecule has 0 atom stereocenters. The molecule has 2 rings (SSSR count). The van der Waals surface area contributed by atoms with E-state index in [0.717, 1.165) is 17.0 Å². The number of sulfonamides is 1. The van der Waals surface area contributed by atoms with E-state index in [9.17, 15) is 13.2 Å². The fraction of sp³-hybridized carbons (Fsp3) is 0.421. The fourth-order valence-electron chi connectivity index (χ4n) is 2.52. The number of hydrogen-bond acceptors (Lipinski definition) is 6. The normalized spacial score (nSPS) is 12.2. The second-order valence-corrected chi connectivity index (χ2v) is 9.58. The molecule has 1 aromatic carbocycles. The van der Waals surface area contributed by atoms with Crippen molar-refractivity contribution >= 4 is 38.5 Å². The van der Waals surface area contributed by atoms with Crippen LogP contribution in [0.3, 0.4) is 0 Å². The molecule has 0 fully saturated rings. The van der Waals surface area contributed by atoms with E-state index in [1.54, 1.807) is 44.2 Å². The fourth-order valence-corrected chi connectivity index (χ4v) is 4.93. The van der Waals surface area contributed by atoms with Crippen LogP contribution in [0.5, 0.6) is 0 Å². The molecule has 0 aliphatic heterocycles. The van der Waals surface area contributed by atoms with Gasteiger partial charge in [-0.15, -0.1) is 10.2 Å². The van der Waals surface area contributed by atoms with Gasteiger partial charge in [0.25, 0.3) is 0 Å². The molecule has 1 amide bonds.